The van der Waals surface area contributed by atoms with Crippen molar-refractivity contribution in [2.45, 2.75) is 26.9 Å². The fourth-order valence-electron chi connectivity index (χ4n) is 3.73. The van der Waals surface area contributed by atoms with Gasteiger partial charge in [0.25, 0.3) is 5.56 Å². The fraction of sp³-hybridized carbons (Fsp3) is 0.240. The number of hydrogen-bond donors (Lipinski definition) is 1. The highest BCUT2D eigenvalue weighted by Crippen LogP contribution is 2.26. The van der Waals surface area contributed by atoms with Crippen molar-refractivity contribution in [3.05, 3.63) is 85.4 Å². The first-order valence-corrected chi connectivity index (χ1v) is 11.5. The minimum absolute atomic E-state index is 0.126. The molecule has 0 saturated heterocycles. The first-order chi connectivity index (χ1) is 16.3. The molecule has 1 amide bonds. The van der Waals surface area contributed by atoms with Crippen LogP contribution in [0, 0.1) is 13.8 Å². The number of fused-ring (bicyclic) bond motifs is 1. The Morgan fingerprint density at radius 2 is 1.65 bits per heavy atom. The van der Waals surface area contributed by atoms with E-state index in [-0.39, 0.29) is 18.6 Å². The summed E-state index contributed by atoms with van der Waals surface area (Å²) in [5.41, 5.74) is 3.07. The molecular weight excluding hydrogens is 454 g/mol. The molecule has 4 rings (SSSR count). The van der Waals surface area contributed by atoms with Gasteiger partial charge in [0.15, 0.2) is 0 Å². The van der Waals surface area contributed by atoms with Crippen LogP contribution >= 0.6 is 11.3 Å². The second-order valence-corrected chi connectivity index (χ2v) is 8.88. The number of aryl methyl sites for hydroxylation is 2. The van der Waals surface area contributed by atoms with Gasteiger partial charge in [-0.15, -0.1) is 11.3 Å². The summed E-state index contributed by atoms with van der Waals surface area (Å²) in [6.45, 7) is 3.87. The van der Waals surface area contributed by atoms with Crippen LogP contribution in [-0.2, 0) is 17.9 Å². The third-order valence-corrected chi connectivity index (χ3v) is 6.58. The first kappa shape index (κ1) is 23.3. The van der Waals surface area contributed by atoms with Crippen molar-refractivity contribution >= 4 is 33.1 Å². The van der Waals surface area contributed by atoms with E-state index >= 15 is 0 Å². The highest BCUT2D eigenvalue weighted by molar-refractivity contribution is 7.17. The van der Waals surface area contributed by atoms with Crippen LogP contribution in [0.1, 0.15) is 16.7 Å². The van der Waals surface area contributed by atoms with Crippen LogP contribution in [-0.4, -0.2) is 29.3 Å². The van der Waals surface area contributed by atoms with E-state index in [1.54, 1.807) is 29.6 Å². The zero-order valence-corrected chi connectivity index (χ0v) is 20.2. The highest BCUT2D eigenvalue weighted by Gasteiger charge is 2.17. The van der Waals surface area contributed by atoms with Gasteiger partial charge in [-0.2, -0.15) is 0 Å². The van der Waals surface area contributed by atoms with Crippen molar-refractivity contribution in [2.24, 2.45) is 0 Å². The number of benzene rings is 2. The third kappa shape index (κ3) is 4.60. The molecule has 176 valence electrons. The Kier molecular flexibility index (Phi) is 6.56. The molecule has 2 aromatic heterocycles. The van der Waals surface area contributed by atoms with E-state index < -0.39 is 11.6 Å². The number of anilines is 1. The molecule has 2 heterocycles. The molecule has 8 nitrogen and oxygen atoms in total. The maximum absolute atomic E-state index is 13.4. The minimum atomic E-state index is -0.535. The van der Waals surface area contributed by atoms with E-state index in [1.807, 2.05) is 32.0 Å². The minimum Gasteiger partial charge on any atom is -0.497 e. The lowest BCUT2D eigenvalue weighted by Gasteiger charge is -2.14. The predicted molar refractivity (Wildman–Crippen MR) is 134 cm³/mol. The monoisotopic (exact) mass is 479 g/mol. The third-order valence-electron chi connectivity index (χ3n) is 5.69. The number of nitrogens with zero attached hydrogens (tertiary/aromatic N) is 2. The number of carbonyl (C=O) groups excluding carboxylic acids is 1. The zero-order chi connectivity index (χ0) is 24.4. The smallest absolute Gasteiger partial charge is 0.332 e. The molecule has 2 aromatic carbocycles. The second-order valence-electron chi connectivity index (χ2n) is 7.96. The number of rotatable bonds is 7. The second kappa shape index (κ2) is 9.56. The summed E-state index contributed by atoms with van der Waals surface area (Å²) in [6.07, 6.45) is 0. The first-order valence-electron chi connectivity index (χ1n) is 10.6. The van der Waals surface area contributed by atoms with E-state index in [0.717, 1.165) is 16.7 Å². The lowest BCUT2D eigenvalue weighted by molar-refractivity contribution is -0.116. The number of hydrogen-bond acceptors (Lipinski definition) is 6. The zero-order valence-electron chi connectivity index (χ0n) is 19.4. The van der Waals surface area contributed by atoms with Gasteiger partial charge in [-0.1, -0.05) is 18.2 Å². The maximum Gasteiger partial charge on any atom is 0.332 e. The van der Waals surface area contributed by atoms with E-state index in [9.17, 15) is 14.4 Å². The summed E-state index contributed by atoms with van der Waals surface area (Å²) in [6, 6.07) is 12.5. The van der Waals surface area contributed by atoms with Gasteiger partial charge in [-0.25, -0.2) is 4.79 Å². The van der Waals surface area contributed by atoms with Crippen LogP contribution in [0.2, 0.25) is 0 Å². The summed E-state index contributed by atoms with van der Waals surface area (Å²) in [4.78, 5) is 39.3. The van der Waals surface area contributed by atoms with Gasteiger partial charge in [-0.05, 0) is 42.0 Å². The van der Waals surface area contributed by atoms with Crippen LogP contribution in [0.25, 0.3) is 10.2 Å². The van der Waals surface area contributed by atoms with Gasteiger partial charge in [0, 0.05) is 23.9 Å². The van der Waals surface area contributed by atoms with Gasteiger partial charge < -0.3 is 14.8 Å². The van der Waals surface area contributed by atoms with Gasteiger partial charge in [0.1, 0.15) is 22.7 Å². The van der Waals surface area contributed by atoms with Crippen LogP contribution in [0.4, 0.5) is 5.69 Å². The molecule has 0 fully saturated rings. The van der Waals surface area contributed by atoms with Crippen molar-refractivity contribution < 1.29 is 14.3 Å². The molecule has 34 heavy (non-hydrogen) atoms. The Balaban J connectivity index is 1.69. The molecule has 0 radical (unpaired) electrons. The van der Waals surface area contributed by atoms with Crippen molar-refractivity contribution in [3.8, 4) is 11.5 Å². The molecule has 0 atom stereocenters. The van der Waals surface area contributed by atoms with Crippen LogP contribution in [0.3, 0.4) is 0 Å². The van der Waals surface area contributed by atoms with Crippen molar-refractivity contribution in [2.75, 3.05) is 19.5 Å². The largest absolute Gasteiger partial charge is 0.497 e. The Hall–Kier alpha value is -3.85. The number of ether oxygens (including phenoxy) is 2. The molecule has 0 aliphatic carbocycles. The van der Waals surface area contributed by atoms with Gasteiger partial charge in [-0.3, -0.25) is 18.7 Å². The molecule has 0 unspecified atom stereocenters. The molecule has 0 bridgehead atoms. The number of amides is 1. The van der Waals surface area contributed by atoms with E-state index in [0.29, 0.717) is 27.4 Å². The topological polar surface area (TPSA) is 91.6 Å². The molecule has 0 aliphatic rings. The fourth-order valence-corrected chi connectivity index (χ4v) is 4.58. The van der Waals surface area contributed by atoms with Crippen molar-refractivity contribution in [1.82, 2.24) is 9.13 Å². The number of aromatic nitrogens is 2. The summed E-state index contributed by atoms with van der Waals surface area (Å²) >= 11 is 1.25. The van der Waals surface area contributed by atoms with Crippen LogP contribution < -0.4 is 26.0 Å². The molecule has 0 saturated carbocycles. The Morgan fingerprint density at radius 1 is 0.941 bits per heavy atom. The van der Waals surface area contributed by atoms with Crippen LogP contribution in [0.5, 0.6) is 11.5 Å². The number of carbonyl (C=O) groups is 1. The average molecular weight is 480 g/mol. The van der Waals surface area contributed by atoms with E-state index in [1.165, 1.54) is 34.7 Å². The number of methoxy groups -OCH3 is 2. The summed E-state index contributed by atoms with van der Waals surface area (Å²) in [5.74, 6) is 0.629. The molecule has 4 aromatic rings. The Labute approximate surface area is 200 Å². The van der Waals surface area contributed by atoms with E-state index in [4.69, 9.17) is 9.47 Å². The molecular formula is C25H25N3O5S. The highest BCUT2D eigenvalue weighted by atomic mass is 32.1. The van der Waals surface area contributed by atoms with Gasteiger partial charge >= 0.3 is 5.69 Å². The summed E-state index contributed by atoms with van der Waals surface area (Å²) < 4.78 is 13.4. The predicted octanol–water partition coefficient (Wildman–Crippen LogP) is 3.55. The Morgan fingerprint density at radius 3 is 2.29 bits per heavy atom. The van der Waals surface area contributed by atoms with Gasteiger partial charge in [0.05, 0.1) is 26.3 Å². The maximum atomic E-state index is 13.4. The summed E-state index contributed by atoms with van der Waals surface area (Å²) in [5, 5.41) is 4.52. The molecule has 1 N–H and O–H groups in total. The van der Waals surface area contributed by atoms with Crippen molar-refractivity contribution in [3.63, 3.8) is 0 Å². The molecule has 9 heteroatoms. The molecule has 0 spiro atoms. The molecule has 0 aliphatic heterocycles. The lowest BCUT2D eigenvalue weighted by Crippen LogP contribution is -2.41. The summed E-state index contributed by atoms with van der Waals surface area (Å²) in [7, 11) is 3.04. The van der Waals surface area contributed by atoms with Gasteiger partial charge in [0.2, 0.25) is 5.91 Å². The normalized spacial score (nSPS) is 10.9. The Bertz CT molecular complexity index is 1480. The quantitative estimate of drug-likeness (QED) is 0.438. The SMILES string of the molecule is COc1cc(NC(=O)Cn2c(=O)n(Cc3ccc(C)c(C)c3)c(=O)c3sccc32)cc(OC)c1. The van der Waals surface area contributed by atoms with E-state index in [2.05, 4.69) is 5.32 Å². The average Bonchev–Trinajstić information content (AvgIpc) is 3.31. The lowest BCUT2D eigenvalue weighted by atomic mass is 10.1. The number of nitrogens with one attached hydrogen (secondary N) is 1. The van der Waals surface area contributed by atoms with Crippen molar-refractivity contribution in [1.29, 1.82) is 0 Å². The number of thiophene rings is 1. The van der Waals surface area contributed by atoms with Crippen LogP contribution in [0.15, 0.2) is 57.4 Å². The standard InChI is InChI=1S/C25H25N3O5S/c1-15-5-6-17(9-16(15)2)13-28-24(30)23-21(7-8-34-23)27(25(28)31)14-22(29)26-18-10-19(32-3)12-20(11-18)33-4/h5-12H,13-14H2,1-4H3,(H,26,29).